The molecule has 3 rings (SSSR count). The second-order valence-electron chi connectivity index (χ2n) is 6.43. The Morgan fingerprint density at radius 2 is 2.36 bits per heavy atom. The molecule has 2 aliphatic rings. The van der Waals surface area contributed by atoms with Gasteiger partial charge in [-0.05, 0) is 12.5 Å². The third-order valence-corrected chi connectivity index (χ3v) is 4.69. The van der Waals surface area contributed by atoms with Crippen LogP contribution in [0.1, 0.15) is 18.0 Å². The van der Waals surface area contributed by atoms with E-state index in [9.17, 15) is 9.90 Å². The van der Waals surface area contributed by atoms with Crippen molar-refractivity contribution in [1.29, 1.82) is 0 Å². The van der Waals surface area contributed by atoms with Gasteiger partial charge in [-0.3, -0.25) is 4.79 Å². The molecule has 5 nitrogen and oxygen atoms in total. The van der Waals surface area contributed by atoms with Crippen LogP contribution in [0.25, 0.3) is 0 Å². The summed E-state index contributed by atoms with van der Waals surface area (Å²) < 4.78 is 7.14. The fourth-order valence-corrected chi connectivity index (χ4v) is 3.93. The number of rotatable bonds is 5. The zero-order valence-corrected chi connectivity index (χ0v) is 12.7. The molecule has 1 fully saturated rings. The molecule has 0 radical (unpaired) electrons. The van der Waals surface area contributed by atoms with Crippen LogP contribution in [0, 0.1) is 18.3 Å². The summed E-state index contributed by atoms with van der Waals surface area (Å²) in [5, 5.41) is 10.1. The maximum Gasteiger partial charge on any atom is 0.250 e. The van der Waals surface area contributed by atoms with Gasteiger partial charge in [0.1, 0.15) is 19.3 Å². The molecule has 3 heterocycles. The quantitative estimate of drug-likeness (QED) is 0.534. The maximum atomic E-state index is 12.0. The first-order valence-electron chi connectivity index (χ1n) is 7.90. The minimum atomic E-state index is -0.486. The zero-order valence-electron chi connectivity index (χ0n) is 12.7. The second-order valence-corrected chi connectivity index (χ2v) is 6.43. The molecule has 22 heavy (non-hydrogen) atoms. The van der Waals surface area contributed by atoms with Gasteiger partial charge >= 0.3 is 0 Å². The Hall–Kier alpha value is -1.61. The molecule has 0 aromatic carbocycles. The highest BCUT2D eigenvalue weighted by molar-refractivity contribution is 5.15. The highest BCUT2D eigenvalue weighted by Gasteiger charge is 2.37. The predicted octanol–water partition coefficient (Wildman–Crippen LogP) is -1.14. The Labute approximate surface area is 130 Å². The Morgan fingerprint density at radius 1 is 1.50 bits per heavy atom. The molecule has 0 amide bonds. The third-order valence-electron chi connectivity index (χ3n) is 4.69. The SMILES string of the molecule is C#CCOC[C@@H](O)C[NH+]1C[C@@H]2C[C@H](C1)c1cccc(=O)n1C2. The van der Waals surface area contributed by atoms with Crippen LogP contribution >= 0.6 is 0 Å². The number of hydrogen-bond acceptors (Lipinski definition) is 3. The number of likely N-dealkylation sites (tertiary alicyclic amines) is 1. The van der Waals surface area contributed by atoms with Crippen LogP contribution in [0.15, 0.2) is 23.0 Å². The molecule has 0 aliphatic carbocycles. The van der Waals surface area contributed by atoms with E-state index in [0.717, 1.165) is 31.7 Å². The van der Waals surface area contributed by atoms with Gasteiger partial charge in [0, 0.05) is 30.1 Å². The first-order valence-corrected chi connectivity index (χ1v) is 7.90. The Balaban J connectivity index is 1.64. The number of aromatic nitrogens is 1. The molecule has 1 saturated heterocycles. The molecule has 1 aromatic heterocycles. The summed E-state index contributed by atoms with van der Waals surface area (Å²) in [4.78, 5) is 13.4. The standard InChI is InChI=1S/C17H22N2O3/c1-2-6-22-12-15(20)11-18-8-13-7-14(10-18)16-4-3-5-17(21)19(16)9-13/h1,3-5,13-15,20H,6-12H2/p+1/t13-,14+,15-/m0/s1. The van der Waals surface area contributed by atoms with Crippen LogP contribution in [0.3, 0.4) is 0 Å². The molecule has 5 heteroatoms. The van der Waals surface area contributed by atoms with Gasteiger partial charge in [0.05, 0.1) is 19.7 Å². The Morgan fingerprint density at radius 3 is 3.18 bits per heavy atom. The molecular weight excluding hydrogens is 280 g/mol. The molecule has 4 atom stereocenters. The van der Waals surface area contributed by atoms with Crippen molar-refractivity contribution in [3.63, 3.8) is 0 Å². The van der Waals surface area contributed by atoms with Gasteiger partial charge in [-0.1, -0.05) is 12.0 Å². The van der Waals surface area contributed by atoms with E-state index in [1.165, 1.54) is 4.90 Å². The fourth-order valence-electron chi connectivity index (χ4n) is 3.93. The number of terminal acetylenes is 1. The Kier molecular flexibility index (Phi) is 4.63. The van der Waals surface area contributed by atoms with Crippen molar-refractivity contribution in [3.8, 4) is 12.3 Å². The summed E-state index contributed by atoms with van der Waals surface area (Å²) in [6, 6.07) is 5.56. The van der Waals surface area contributed by atoms with Crippen LogP contribution < -0.4 is 10.5 Å². The summed E-state index contributed by atoms with van der Waals surface area (Å²) >= 11 is 0. The number of aliphatic hydroxyl groups is 1. The van der Waals surface area contributed by atoms with Crippen molar-refractivity contribution in [1.82, 2.24) is 4.57 Å². The first kappa shape index (κ1) is 15.3. The van der Waals surface area contributed by atoms with Crippen molar-refractivity contribution < 1.29 is 14.7 Å². The number of hydrogen-bond donors (Lipinski definition) is 2. The minimum absolute atomic E-state index is 0.110. The Bertz CT molecular complexity index is 619. The molecular formula is C17H23N2O3+. The number of quaternary nitrogens is 1. The van der Waals surface area contributed by atoms with Gasteiger partial charge in [0.15, 0.2) is 0 Å². The lowest BCUT2D eigenvalue weighted by Gasteiger charge is -2.40. The summed E-state index contributed by atoms with van der Waals surface area (Å²) in [7, 11) is 0. The average molecular weight is 303 g/mol. The van der Waals surface area contributed by atoms with E-state index in [4.69, 9.17) is 11.2 Å². The van der Waals surface area contributed by atoms with E-state index in [-0.39, 0.29) is 12.2 Å². The normalized spacial score (nSPS) is 27.7. The molecule has 2 N–H and O–H groups in total. The third kappa shape index (κ3) is 3.25. The number of piperidine rings is 1. The fraction of sp³-hybridized carbons (Fsp3) is 0.588. The molecule has 0 saturated carbocycles. The van der Waals surface area contributed by atoms with E-state index in [1.807, 2.05) is 10.6 Å². The van der Waals surface area contributed by atoms with Crippen molar-refractivity contribution in [2.75, 3.05) is 32.8 Å². The van der Waals surface area contributed by atoms with Crippen LogP contribution in [0.4, 0.5) is 0 Å². The van der Waals surface area contributed by atoms with Crippen molar-refractivity contribution in [2.45, 2.75) is 25.0 Å². The molecule has 1 unspecified atom stereocenters. The van der Waals surface area contributed by atoms with Crippen molar-refractivity contribution in [3.05, 3.63) is 34.2 Å². The van der Waals surface area contributed by atoms with E-state index in [2.05, 4.69) is 12.0 Å². The predicted molar refractivity (Wildman–Crippen MR) is 82.8 cm³/mol. The monoisotopic (exact) mass is 303 g/mol. The lowest BCUT2D eigenvalue weighted by molar-refractivity contribution is -0.914. The maximum absolute atomic E-state index is 12.0. The number of fused-ring (bicyclic) bond motifs is 4. The largest absolute Gasteiger partial charge is 0.385 e. The van der Waals surface area contributed by atoms with Gasteiger partial charge in [-0.2, -0.15) is 0 Å². The summed E-state index contributed by atoms with van der Waals surface area (Å²) in [6.07, 6.45) is 5.79. The molecule has 2 bridgehead atoms. The van der Waals surface area contributed by atoms with E-state index in [1.54, 1.807) is 6.07 Å². The van der Waals surface area contributed by atoms with Gasteiger partial charge in [0.25, 0.3) is 5.56 Å². The summed E-state index contributed by atoms with van der Waals surface area (Å²) in [6.45, 7) is 3.98. The molecule has 118 valence electrons. The van der Waals surface area contributed by atoms with Gasteiger partial charge in [0.2, 0.25) is 0 Å². The van der Waals surface area contributed by atoms with Crippen molar-refractivity contribution >= 4 is 0 Å². The number of nitrogens with zero attached hydrogens (tertiary/aromatic N) is 1. The van der Waals surface area contributed by atoms with Gasteiger partial charge in [-0.25, -0.2) is 0 Å². The number of aliphatic hydroxyl groups excluding tert-OH is 1. The van der Waals surface area contributed by atoms with Crippen LogP contribution in [-0.4, -0.2) is 48.6 Å². The average Bonchev–Trinajstić information content (AvgIpc) is 2.48. The first-order chi connectivity index (χ1) is 10.7. The number of ether oxygens (including phenoxy) is 1. The van der Waals surface area contributed by atoms with E-state index < -0.39 is 6.10 Å². The van der Waals surface area contributed by atoms with Gasteiger partial charge < -0.3 is 19.3 Å². The lowest BCUT2D eigenvalue weighted by Crippen LogP contribution is -3.15. The minimum Gasteiger partial charge on any atom is -0.385 e. The number of pyridine rings is 1. The van der Waals surface area contributed by atoms with Crippen LogP contribution in [0.2, 0.25) is 0 Å². The van der Waals surface area contributed by atoms with E-state index >= 15 is 0 Å². The highest BCUT2D eigenvalue weighted by atomic mass is 16.5. The second kappa shape index (κ2) is 6.66. The number of nitrogens with one attached hydrogen (secondary N) is 1. The van der Waals surface area contributed by atoms with E-state index in [0.29, 0.717) is 25.0 Å². The molecule has 2 aliphatic heterocycles. The van der Waals surface area contributed by atoms with Gasteiger partial charge in [-0.15, -0.1) is 6.42 Å². The highest BCUT2D eigenvalue weighted by Crippen LogP contribution is 2.29. The van der Waals surface area contributed by atoms with Crippen molar-refractivity contribution in [2.24, 2.45) is 5.92 Å². The smallest absolute Gasteiger partial charge is 0.250 e. The molecule has 1 aromatic rings. The lowest BCUT2D eigenvalue weighted by atomic mass is 9.83. The molecule has 0 spiro atoms. The summed E-state index contributed by atoms with van der Waals surface area (Å²) in [5.74, 6) is 3.33. The van der Waals surface area contributed by atoms with Crippen LogP contribution in [0.5, 0.6) is 0 Å². The topological polar surface area (TPSA) is 55.9 Å². The summed E-state index contributed by atoms with van der Waals surface area (Å²) in [5.41, 5.74) is 1.26. The zero-order chi connectivity index (χ0) is 15.5. The van der Waals surface area contributed by atoms with Crippen LogP contribution in [-0.2, 0) is 11.3 Å².